The standard InChI is InChI=1S/C12H11NO3S/c1-8-6-9(2-3-10(8)12(14)15)16-7-11-13-4-5-17-11/h2-6H,7H2,1H3,(H,14,15). The third-order valence-electron chi connectivity index (χ3n) is 2.27. The lowest BCUT2D eigenvalue weighted by Crippen LogP contribution is -2.01. The Morgan fingerprint density at radius 3 is 2.94 bits per heavy atom. The largest absolute Gasteiger partial charge is 0.486 e. The fraction of sp³-hybridized carbons (Fsp3) is 0.167. The second-order valence-electron chi connectivity index (χ2n) is 3.50. The summed E-state index contributed by atoms with van der Waals surface area (Å²) in [6, 6.07) is 4.93. The summed E-state index contributed by atoms with van der Waals surface area (Å²) < 4.78 is 5.52. The maximum absolute atomic E-state index is 10.8. The van der Waals surface area contributed by atoms with E-state index in [1.54, 1.807) is 31.3 Å². The van der Waals surface area contributed by atoms with Crippen molar-refractivity contribution < 1.29 is 14.6 Å². The van der Waals surface area contributed by atoms with E-state index in [0.29, 0.717) is 23.5 Å². The minimum atomic E-state index is -0.922. The molecule has 0 atom stereocenters. The number of carboxylic acid groups (broad SMARTS) is 1. The van der Waals surface area contributed by atoms with Crippen molar-refractivity contribution in [1.82, 2.24) is 4.98 Å². The van der Waals surface area contributed by atoms with Gasteiger partial charge in [0.1, 0.15) is 17.4 Å². The van der Waals surface area contributed by atoms with E-state index in [-0.39, 0.29) is 0 Å². The van der Waals surface area contributed by atoms with Crippen LogP contribution < -0.4 is 4.74 Å². The van der Waals surface area contributed by atoms with E-state index >= 15 is 0 Å². The first-order chi connectivity index (χ1) is 8.16. The fourth-order valence-electron chi connectivity index (χ4n) is 1.44. The van der Waals surface area contributed by atoms with Crippen LogP contribution in [0.4, 0.5) is 0 Å². The smallest absolute Gasteiger partial charge is 0.335 e. The van der Waals surface area contributed by atoms with Gasteiger partial charge in [-0.15, -0.1) is 11.3 Å². The quantitative estimate of drug-likeness (QED) is 0.905. The van der Waals surface area contributed by atoms with Gasteiger partial charge < -0.3 is 9.84 Å². The molecule has 0 saturated heterocycles. The maximum Gasteiger partial charge on any atom is 0.335 e. The lowest BCUT2D eigenvalue weighted by atomic mass is 10.1. The Morgan fingerprint density at radius 1 is 1.53 bits per heavy atom. The molecule has 0 bridgehead atoms. The Bertz CT molecular complexity index is 523. The summed E-state index contributed by atoms with van der Waals surface area (Å²) in [5.74, 6) is -0.267. The first kappa shape index (κ1) is 11.6. The minimum Gasteiger partial charge on any atom is -0.486 e. The Hall–Kier alpha value is -1.88. The van der Waals surface area contributed by atoms with Gasteiger partial charge in [0.2, 0.25) is 0 Å². The van der Waals surface area contributed by atoms with Crippen molar-refractivity contribution >= 4 is 17.3 Å². The van der Waals surface area contributed by atoms with E-state index in [1.165, 1.54) is 11.3 Å². The average Bonchev–Trinajstić information content (AvgIpc) is 2.78. The summed E-state index contributed by atoms with van der Waals surface area (Å²) in [6.45, 7) is 2.16. The molecule has 17 heavy (non-hydrogen) atoms. The lowest BCUT2D eigenvalue weighted by molar-refractivity contribution is 0.0696. The number of nitrogens with zero attached hydrogens (tertiary/aromatic N) is 1. The Morgan fingerprint density at radius 2 is 2.35 bits per heavy atom. The molecule has 0 spiro atoms. The van der Waals surface area contributed by atoms with Gasteiger partial charge in [-0.1, -0.05) is 0 Å². The third kappa shape index (κ3) is 2.82. The van der Waals surface area contributed by atoms with E-state index in [4.69, 9.17) is 9.84 Å². The molecule has 4 nitrogen and oxygen atoms in total. The van der Waals surface area contributed by atoms with E-state index in [2.05, 4.69) is 4.98 Å². The molecule has 0 saturated carbocycles. The Labute approximate surface area is 103 Å². The van der Waals surface area contributed by atoms with Gasteiger partial charge in [0, 0.05) is 11.6 Å². The van der Waals surface area contributed by atoms with Crippen molar-refractivity contribution in [3.05, 3.63) is 45.9 Å². The molecule has 0 radical (unpaired) electrons. The molecule has 5 heteroatoms. The number of hydrogen-bond acceptors (Lipinski definition) is 4. The van der Waals surface area contributed by atoms with Gasteiger partial charge in [0.15, 0.2) is 0 Å². The molecule has 0 aliphatic rings. The normalized spacial score (nSPS) is 10.2. The van der Waals surface area contributed by atoms with Crippen molar-refractivity contribution in [3.8, 4) is 5.75 Å². The van der Waals surface area contributed by atoms with Crippen LogP contribution in [0, 0.1) is 6.92 Å². The van der Waals surface area contributed by atoms with Crippen LogP contribution >= 0.6 is 11.3 Å². The molecule has 0 unspecified atom stereocenters. The number of benzene rings is 1. The number of thiazole rings is 1. The van der Waals surface area contributed by atoms with Crippen LogP contribution in [-0.4, -0.2) is 16.1 Å². The number of rotatable bonds is 4. The van der Waals surface area contributed by atoms with Crippen LogP contribution in [0.5, 0.6) is 5.75 Å². The molecule has 2 aromatic rings. The molecule has 1 heterocycles. The zero-order valence-electron chi connectivity index (χ0n) is 9.21. The summed E-state index contributed by atoms with van der Waals surface area (Å²) in [4.78, 5) is 14.9. The summed E-state index contributed by atoms with van der Waals surface area (Å²) in [5.41, 5.74) is 0.987. The summed E-state index contributed by atoms with van der Waals surface area (Å²) >= 11 is 1.52. The molecule has 1 aromatic heterocycles. The molecule has 2 rings (SSSR count). The highest BCUT2D eigenvalue weighted by molar-refractivity contribution is 7.09. The van der Waals surface area contributed by atoms with Crippen LogP contribution in [0.15, 0.2) is 29.8 Å². The van der Waals surface area contributed by atoms with Gasteiger partial charge in [-0.2, -0.15) is 0 Å². The second kappa shape index (κ2) is 4.97. The predicted molar refractivity (Wildman–Crippen MR) is 64.6 cm³/mol. The number of hydrogen-bond donors (Lipinski definition) is 1. The molecule has 88 valence electrons. The number of aromatic nitrogens is 1. The van der Waals surface area contributed by atoms with Crippen molar-refractivity contribution in [3.63, 3.8) is 0 Å². The van der Waals surface area contributed by atoms with Crippen LogP contribution in [-0.2, 0) is 6.61 Å². The number of aromatic carboxylic acids is 1. The Balaban J connectivity index is 2.07. The van der Waals surface area contributed by atoms with Crippen LogP contribution in [0.25, 0.3) is 0 Å². The van der Waals surface area contributed by atoms with E-state index in [1.807, 2.05) is 5.38 Å². The van der Waals surface area contributed by atoms with Crippen molar-refractivity contribution in [2.75, 3.05) is 0 Å². The van der Waals surface area contributed by atoms with Crippen LogP contribution in [0.1, 0.15) is 20.9 Å². The first-order valence-corrected chi connectivity index (χ1v) is 5.90. The molecule has 0 aliphatic heterocycles. The highest BCUT2D eigenvalue weighted by atomic mass is 32.1. The monoisotopic (exact) mass is 249 g/mol. The molecule has 0 amide bonds. The van der Waals surface area contributed by atoms with Crippen molar-refractivity contribution in [1.29, 1.82) is 0 Å². The minimum absolute atomic E-state index is 0.298. The maximum atomic E-state index is 10.8. The van der Waals surface area contributed by atoms with Crippen LogP contribution in [0.2, 0.25) is 0 Å². The summed E-state index contributed by atoms with van der Waals surface area (Å²) in [7, 11) is 0. The number of aryl methyl sites for hydroxylation is 1. The molecule has 0 aliphatic carbocycles. The fourth-order valence-corrected chi connectivity index (χ4v) is 1.96. The number of ether oxygens (including phenoxy) is 1. The third-order valence-corrected chi connectivity index (χ3v) is 3.03. The van der Waals surface area contributed by atoms with Gasteiger partial charge in [0.25, 0.3) is 0 Å². The molecule has 1 N–H and O–H groups in total. The SMILES string of the molecule is Cc1cc(OCc2nccs2)ccc1C(=O)O. The van der Waals surface area contributed by atoms with Crippen molar-refractivity contribution in [2.45, 2.75) is 13.5 Å². The average molecular weight is 249 g/mol. The Kier molecular flexibility index (Phi) is 3.39. The van der Waals surface area contributed by atoms with Gasteiger partial charge in [0.05, 0.1) is 5.56 Å². The van der Waals surface area contributed by atoms with Gasteiger partial charge >= 0.3 is 5.97 Å². The lowest BCUT2D eigenvalue weighted by Gasteiger charge is -2.06. The zero-order valence-corrected chi connectivity index (χ0v) is 10.0. The molecule has 0 fully saturated rings. The van der Waals surface area contributed by atoms with E-state index in [0.717, 1.165) is 5.01 Å². The predicted octanol–water partition coefficient (Wildman–Crippen LogP) is 2.73. The van der Waals surface area contributed by atoms with Crippen molar-refractivity contribution in [2.24, 2.45) is 0 Å². The second-order valence-corrected chi connectivity index (χ2v) is 4.48. The highest BCUT2D eigenvalue weighted by Gasteiger charge is 2.07. The molecule has 1 aromatic carbocycles. The van der Waals surface area contributed by atoms with Gasteiger partial charge in [-0.25, -0.2) is 9.78 Å². The highest BCUT2D eigenvalue weighted by Crippen LogP contribution is 2.18. The topological polar surface area (TPSA) is 59.4 Å². The molecular weight excluding hydrogens is 238 g/mol. The summed E-state index contributed by atoms with van der Waals surface area (Å²) in [6.07, 6.45) is 1.72. The van der Waals surface area contributed by atoms with Crippen LogP contribution in [0.3, 0.4) is 0 Å². The van der Waals surface area contributed by atoms with E-state index in [9.17, 15) is 4.79 Å². The van der Waals surface area contributed by atoms with E-state index < -0.39 is 5.97 Å². The number of carboxylic acids is 1. The summed E-state index contributed by atoms with van der Waals surface area (Å²) in [5, 5.41) is 11.7. The number of carbonyl (C=O) groups is 1. The van der Waals surface area contributed by atoms with Gasteiger partial charge in [-0.05, 0) is 30.7 Å². The molecular formula is C12H11NO3S. The zero-order chi connectivity index (χ0) is 12.3. The van der Waals surface area contributed by atoms with Gasteiger partial charge in [-0.3, -0.25) is 0 Å². The first-order valence-electron chi connectivity index (χ1n) is 5.02.